The Bertz CT molecular complexity index is 1710. The van der Waals surface area contributed by atoms with Crippen molar-refractivity contribution in [1.29, 1.82) is 0 Å². The van der Waals surface area contributed by atoms with Crippen molar-refractivity contribution in [3.63, 3.8) is 0 Å². The number of nitrogens with zero attached hydrogens (tertiary/aromatic N) is 3. The minimum absolute atomic E-state index is 0.121. The number of thiophene rings is 1. The van der Waals surface area contributed by atoms with Crippen LogP contribution in [0.25, 0.3) is 21.2 Å². The SMILES string of the molecule is COc1ccc(-c2ccnc(C)c2)cc1CN(C(=O)c1sc2cccc(F)c2c1Cl)C1CCC(CN(C(=O)O)C(C)(C)C)CC1. The molecule has 0 spiro atoms. The molecule has 2 aromatic heterocycles. The van der Waals surface area contributed by atoms with Gasteiger partial charge in [-0.1, -0.05) is 23.7 Å². The van der Waals surface area contributed by atoms with E-state index in [-0.39, 0.29) is 34.8 Å². The Morgan fingerprint density at radius 3 is 2.42 bits per heavy atom. The number of methoxy groups -OCH3 is 1. The van der Waals surface area contributed by atoms with Gasteiger partial charge in [-0.05, 0) is 107 Å². The van der Waals surface area contributed by atoms with Crippen molar-refractivity contribution in [3.8, 4) is 16.9 Å². The van der Waals surface area contributed by atoms with E-state index in [0.717, 1.165) is 35.2 Å². The second-order valence-corrected chi connectivity index (χ2v) is 14.2. The van der Waals surface area contributed by atoms with E-state index in [1.165, 1.54) is 22.3 Å². The fourth-order valence-corrected chi connectivity index (χ4v) is 7.74. The number of aromatic nitrogens is 1. The minimum Gasteiger partial charge on any atom is -0.496 e. The number of hydrogen-bond donors (Lipinski definition) is 1. The van der Waals surface area contributed by atoms with Crippen LogP contribution in [0.4, 0.5) is 9.18 Å². The number of benzene rings is 2. The Labute approximate surface area is 272 Å². The van der Waals surface area contributed by atoms with Crippen molar-refractivity contribution in [2.24, 2.45) is 5.92 Å². The number of rotatable bonds is 8. The summed E-state index contributed by atoms with van der Waals surface area (Å²) in [6, 6.07) is 14.5. The van der Waals surface area contributed by atoms with Gasteiger partial charge in [0.05, 0.1) is 12.1 Å². The fourth-order valence-electron chi connectivity index (χ4n) is 6.23. The van der Waals surface area contributed by atoms with Gasteiger partial charge in [0, 0.05) is 52.2 Å². The molecule has 2 amide bonds. The van der Waals surface area contributed by atoms with Gasteiger partial charge in [0.15, 0.2) is 0 Å². The number of carbonyl (C=O) groups excluding carboxylic acids is 1. The molecule has 1 N–H and O–H groups in total. The summed E-state index contributed by atoms with van der Waals surface area (Å²) in [4.78, 5) is 34.4. The van der Waals surface area contributed by atoms with Gasteiger partial charge in [-0.2, -0.15) is 0 Å². The van der Waals surface area contributed by atoms with Crippen molar-refractivity contribution in [3.05, 3.63) is 81.7 Å². The lowest BCUT2D eigenvalue weighted by atomic mass is 9.84. The summed E-state index contributed by atoms with van der Waals surface area (Å²) in [6.07, 6.45) is 3.81. The van der Waals surface area contributed by atoms with Crippen LogP contribution in [0.15, 0.2) is 54.7 Å². The highest BCUT2D eigenvalue weighted by Gasteiger charge is 2.35. The molecule has 0 radical (unpaired) electrons. The van der Waals surface area contributed by atoms with Crippen molar-refractivity contribution in [2.75, 3.05) is 13.7 Å². The Morgan fingerprint density at radius 1 is 1.09 bits per heavy atom. The van der Waals surface area contributed by atoms with Gasteiger partial charge in [0.25, 0.3) is 5.91 Å². The Morgan fingerprint density at radius 2 is 1.80 bits per heavy atom. The summed E-state index contributed by atoms with van der Waals surface area (Å²) in [6.45, 7) is 8.37. The van der Waals surface area contributed by atoms with E-state index in [1.807, 2.05) is 62.9 Å². The summed E-state index contributed by atoms with van der Waals surface area (Å²) in [5.41, 5.74) is 3.22. The minimum atomic E-state index is -0.926. The van der Waals surface area contributed by atoms with Crippen LogP contribution in [-0.2, 0) is 6.54 Å². The van der Waals surface area contributed by atoms with Crippen LogP contribution >= 0.6 is 22.9 Å². The Hall–Kier alpha value is -3.69. The monoisotopic (exact) mass is 651 g/mol. The number of fused-ring (bicyclic) bond motifs is 1. The molecule has 0 aliphatic heterocycles. The van der Waals surface area contributed by atoms with E-state index in [1.54, 1.807) is 25.4 Å². The van der Waals surface area contributed by atoms with Gasteiger partial charge < -0.3 is 19.6 Å². The predicted octanol–water partition coefficient (Wildman–Crippen LogP) is 9.05. The van der Waals surface area contributed by atoms with Crippen LogP contribution in [0.5, 0.6) is 5.75 Å². The van der Waals surface area contributed by atoms with E-state index in [0.29, 0.717) is 34.7 Å². The third-order valence-corrected chi connectivity index (χ3v) is 10.3. The topological polar surface area (TPSA) is 83.0 Å². The lowest BCUT2D eigenvalue weighted by Gasteiger charge is -2.40. The normalized spacial score (nSPS) is 16.9. The Balaban J connectivity index is 1.48. The van der Waals surface area contributed by atoms with Gasteiger partial charge in [-0.25, -0.2) is 9.18 Å². The maximum Gasteiger partial charge on any atom is 0.407 e. The highest BCUT2D eigenvalue weighted by Crippen LogP contribution is 2.40. The van der Waals surface area contributed by atoms with E-state index < -0.39 is 17.4 Å². The molecule has 1 aliphatic carbocycles. The third-order valence-electron chi connectivity index (χ3n) is 8.65. The summed E-state index contributed by atoms with van der Waals surface area (Å²) < 4.78 is 21.2. The van der Waals surface area contributed by atoms with Gasteiger partial charge >= 0.3 is 6.09 Å². The number of carbonyl (C=O) groups is 2. The zero-order valence-corrected chi connectivity index (χ0v) is 27.8. The third kappa shape index (κ3) is 7.10. The van der Waals surface area contributed by atoms with Crippen LogP contribution in [0, 0.1) is 18.7 Å². The van der Waals surface area contributed by atoms with E-state index >= 15 is 0 Å². The Kier molecular flexibility index (Phi) is 9.70. The van der Waals surface area contributed by atoms with Crippen LogP contribution in [-0.4, -0.2) is 57.1 Å². The highest BCUT2D eigenvalue weighted by atomic mass is 35.5. The largest absolute Gasteiger partial charge is 0.496 e. The molecular weight excluding hydrogens is 613 g/mol. The first-order valence-corrected chi connectivity index (χ1v) is 16.3. The maximum absolute atomic E-state index is 14.8. The molecule has 5 rings (SSSR count). The predicted molar refractivity (Wildman–Crippen MR) is 178 cm³/mol. The number of amides is 2. The molecule has 7 nitrogen and oxygen atoms in total. The highest BCUT2D eigenvalue weighted by molar-refractivity contribution is 7.21. The molecule has 0 bridgehead atoms. The second-order valence-electron chi connectivity index (χ2n) is 12.7. The first kappa shape index (κ1) is 32.7. The van der Waals surface area contributed by atoms with Gasteiger partial charge in [0.1, 0.15) is 16.4 Å². The van der Waals surface area contributed by atoms with Crippen LogP contribution in [0.2, 0.25) is 5.02 Å². The maximum atomic E-state index is 14.8. The first-order chi connectivity index (χ1) is 21.4. The van der Waals surface area contributed by atoms with Crippen molar-refractivity contribution in [1.82, 2.24) is 14.8 Å². The zero-order valence-electron chi connectivity index (χ0n) is 26.3. The molecule has 2 heterocycles. The number of ether oxygens (including phenoxy) is 1. The number of halogens is 2. The molecule has 238 valence electrons. The zero-order chi connectivity index (χ0) is 32.5. The van der Waals surface area contributed by atoms with Gasteiger partial charge in [-0.3, -0.25) is 9.78 Å². The standard InChI is InChI=1S/C35H39ClFN3O4S/c1-21-17-24(15-16-38-21)23-11-14-28(44-5)25(18-23)20-39(33(41)32-31(36)30-27(37)7-6-8-29(30)45-32)26-12-9-22(10-13-26)19-40(34(42)43)35(2,3)4/h6-8,11,14-18,22,26H,9-10,12-13,19-20H2,1-5H3,(H,42,43). The molecule has 4 aromatic rings. The molecule has 2 aromatic carbocycles. The average molecular weight is 652 g/mol. The van der Waals surface area contributed by atoms with Crippen molar-refractivity contribution >= 4 is 45.0 Å². The molecule has 0 unspecified atom stereocenters. The average Bonchev–Trinajstić information content (AvgIpc) is 3.35. The van der Waals surface area contributed by atoms with Crippen LogP contribution in [0.1, 0.15) is 67.4 Å². The smallest absolute Gasteiger partial charge is 0.407 e. The summed E-state index contributed by atoms with van der Waals surface area (Å²) in [5, 5.41) is 10.2. The molecule has 1 aliphatic rings. The second kappa shape index (κ2) is 13.3. The summed E-state index contributed by atoms with van der Waals surface area (Å²) >= 11 is 7.91. The molecule has 0 saturated heterocycles. The van der Waals surface area contributed by atoms with E-state index in [9.17, 15) is 19.1 Å². The number of carboxylic acid groups (broad SMARTS) is 1. The first-order valence-electron chi connectivity index (χ1n) is 15.1. The van der Waals surface area contributed by atoms with Gasteiger partial charge in [-0.15, -0.1) is 11.3 Å². The number of hydrogen-bond acceptors (Lipinski definition) is 5. The summed E-state index contributed by atoms with van der Waals surface area (Å²) in [5.74, 6) is 0.136. The number of pyridine rings is 1. The quantitative estimate of drug-likeness (QED) is 0.206. The number of aryl methyl sites for hydroxylation is 1. The molecule has 1 saturated carbocycles. The van der Waals surface area contributed by atoms with Crippen molar-refractivity contribution in [2.45, 2.75) is 71.5 Å². The molecule has 1 fully saturated rings. The lowest BCUT2D eigenvalue weighted by molar-refractivity contribution is 0.0535. The lowest BCUT2D eigenvalue weighted by Crippen LogP contribution is -2.48. The van der Waals surface area contributed by atoms with Crippen molar-refractivity contribution < 1.29 is 23.8 Å². The van der Waals surface area contributed by atoms with Gasteiger partial charge in [0.2, 0.25) is 0 Å². The molecule has 10 heteroatoms. The van der Waals surface area contributed by atoms with E-state index in [4.69, 9.17) is 16.3 Å². The van der Waals surface area contributed by atoms with E-state index in [2.05, 4.69) is 4.98 Å². The molecule has 45 heavy (non-hydrogen) atoms. The summed E-state index contributed by atoms with van der Waals surface area (Å²) in [7, 11) is 1.61. The molecular formula is C35H39ClFN3O4S. The molecule has 0 atom stereocenters. The fraction of sp³-hybridized carbons (Fsp3) is 0.400. The van der Waals surface area contributed by atoms with Crippen LogP contribution in [0.3, 0.4) is 0 Å². The van der Waals surface area contributed by atoms with Crippen LogP contribution < -0.4 is 4.74 Å².